The number of aliphatic hydroxyl groups excluding tert-OH is 3. The Kier molecular flexibility index (Phi) is 2.79. The van der Waals surface area contributed by atoms with Crippen LogP contribution in [0.3, 0.4) is 0 Å². The van der Waals surface area contributed by atoms with Crippen LogP contribution in [0, 0.1) is 0 Å². The summed E-state index contributed by atoms with van der Waals surface area (Å²) < 4.78 is 4.99. The molecule has 3 unspecified atom stereocenters. The molecule has 0 radical (unpaired) electrons. The van der Waals surface area contributed by atoms with Crippen molar-refractivity contribution in [3.05, 3.63) is 10.4 Å². The zero-order valence-corrected chi connectivity index (χ0v) is 7.03. The molecule has 4 atom stereocenters. The molecule has 1 aliphatic rings. The highest BCUT2D eigenvalue weighted by Crippen LogP contribution is 2.31. The number of hydrogen-bond acceptors (Lipinski definition) is 5. The molecule has 0 aliphatic carbocycles. The van der Waals surface area contributed by atoms with Crippen LogP contribution in [0.2, 0.25) is 0 Å². The monoisotopic (exact) mass is 187 g/mol. The predicted octanol–water partition coefficient (Wildman–Crippen LogP) is -2.30. The molecule has 72 valence electrons. The van der Waals surface area contributed by atoms with Crippen molar-refractivity contribution in [3.63, 3.8) is 0 Å². The van der Waals surface area contributed by atoms with Crippen LogP contribution in [0.15, 0.2) is 5.11 Å². The molecule has 13 heavy (non-hydrogen) atoms. The Morgan fingerprint density at radius 1 is 1.62 bits per heavy atom. The van der Waals surface area contributed by atoms with E-state index in [9.17, 15) is 10.2 Å². The van der Waals surface area contributed by atoms with Gasteiger partial charge in [-0.2, -0.15) is 0 Å². The molecule has 7 nitrogen and oxygen atoms in total. The van der Waals surface area contributed by atoms with Crippen molar-refractivity contribution in [3.8, 4) is 0 Å². The van der Waals surface area contributed by atoms with E-state index in [4.69, 9.17) is 15.4 Å². The van der Waals surface area contributed by atoms with Crippen molar-refractivity contribution in [1.82, 2.24) is 0 Å². The first-order chi connectivity index (χ1) is 6.07. The number of rotatable bonds is 2. The van der Waals surface area contributed by atoms with Crippen LogP contribution in [0.5, 0.6) is 0 Å². The summed E-state index contributed by atoms with van der Waals surface area (Å²) in [4.78, 5) is 2.45. The molecule has 3 N–H and O–H groups in total. The molecule has 0 saturated carbocycles. The smallest absolute Gasteiger partial charge is 0.197 e. The van der Waals surface area contributed by atoms with Gasteiger partial charge in [0, 0.05) is 4.91 Å². The van der Waals surface area contributed by atoms with Gasteiger partial charge in [-0.05, 0) is 5.53 Å². The summed E-state index contributed by atoms with van der Waals surface area (Å²) >= 11 is 0. The van der Waals surface area contributed by atoms with Gasteiger partial charge in [-0.15, -0.1) is 0 Å². The van der Waals surface area contributed by atoms with Crippen molar-refractivity contribution in [2.24, 2.45) is 5.11 Å². The lowest BCUT2D eigenvalue weighted by atomic mass is 9.92. The Bertz CT molecular complexity index is 246. The van der Waals surface area contributed by atoms with E-state index in [0.29, 0.717) is 0 Å². The van der Waals surface area contributed by atoms with Crippen LogP contribution in [-0.4, -0.2) is 53.7 Å². The van der Waals surface area contributed by atoms with Gasteiger partial charge < -0.3 is 20.1 Å². The van der Waals surface area contributed by atoms with Gasteiger partial charge in [-0.1, -0.05) is 5.11 Å². The molecule has 0 aromatic carbocycles. The lowest BCUT2D eigenvalue weighted by Crippen LogP contribution is -2.44. The third kappa shape index (κ3) is 1.50. The normalized spacial score (nSPS) is 44.4. The zero-order valence-electron chi connectivity index (χ0n) is 7.03. The van der Waals surface area contributed by atoms with Crippen LogP contribution in [-0.2, 0) is 4.74 Å². The second-order valence-corrected chi connectivity index (χ2v) is 2.95. The molecular weight excluding hydrogens is 177 g/mol. The third-order valence-corrected chi connectivity index (χ3v) is 2.10. The lowest BCUT2D eigenvalue weighted by molar-refractivity contribution is -0.0947. The summed E-state index contributed by atoms with van der Waals surface area (Å²) in [5.41, 5.74) is 6.45. The Morgan fingerprint density at radius 3 is 2.54 bits per heavy atom. The number of ether oxygens (including phenoxy) is 1. The summed E-state index contributed by atoms with van der Waals surface area (Å²) in [6.45, 7) is -0.667. The first-order valence-electron chi connectivity index (χ1n) is 3.78. The van der Waals surface area contributed by atoms with E-state index in [0.717, 1.165) is 0 Å². The van der Waals surface area contributed by atoms with Gasteiger partial charge in [0.2, 0.25) is 0 Å². The molecule has 1 heterocycles. The van der Waals surface area contributed by atoms with Crippen molar-refractivity contribution in [2.45, 2.75) is 23.9 Å². The Balaban J connectivity index is 2.95. The summed E-state index contributed by atoms with van der Waals surface area (Å²) in [6, 6.07) is -0.673. The Labute approximate surface area is 75.0 Å². The highest BCUT2D eigenvalue weighted by atomic mass is 16.6. The van der Waals surface area contributed by atoms with E-state index in [1.807, 2.05) is 0 Å². The zero-order chi connectivity index (χ0) is 10.1. The van der Waals surface area contributed by atoms with Crippen LogP contribution in [0.25, 0.3) is 10.4 Å². The van der Waals surface area contributed by atoms with Crippen molar-refractivity contribution in [2.75, 3.05) is 6.61 Å². The molecular formula is C5H10BN3O4. The summed E-state index contributed by atoms with van der Waals surface area (Å²) in [5.74, 6) is 0. The van der Waals surface area contributed by atoms with Gasteiger partial charge in [0.05, 0.1) is 12.6 Å². The van der Waals surface area contributed by atoms with Gasteiger partial charge >= 0.3 is 0 Å². The molecule has 1 rings (SSSR count). The minimum atomic E-state index is -1.74. The first-order valence-corrected chi connectivity index (χ1v) is 3.78. The second-order valence-electron chi connectivity index (χ2n) is 2.95. The number of hydrogen-bond donors (Lipinski definition) is 3. The van der Waals surface area contributed by atoms with Crippen molar-refractivity contribution < 1.29 is 20.1 Å². The average molecular weight is 187 g/mol. The fourth-order valence-electron chi connectivity index (χ4n) is 1.31. The Hall–Kier alpha value is -0.785. The number of nitrogens with zero attached hydrogens (tertiary/aromatic N) is 3. The summed E-state index contributed by atoms with van der Waals surface area (Å²) in [7, 11) is 1.51. The third-order valence-electron chi connectivity index (χ3n) is 2.10. The topological polar surface area (TPSA) is 119 Å². The fraction of sp³-hybridized carbons (Fsp3) is 1.00. The molecule has 0 aromatic rings. The minimum Gasteiger partial charge on any atom is -0.393 e. The van der Waals surface area contributed by atoms with E-state index < -0.39 is 30.5 Å². The van der Waals surface area contributed by atoms with Crippen LogP contribution >= 0.6 is 0 Å². The van der Waals surface area contributed by atoms with Gasteiger partial charge in [-0.3, -0.25) is 0 Å². The molecule has 8 heteroatoms. The van der Waals surface area contributed by atoms with Gasteiger partial charge in [0.1, 0.15) is 20.1 Å². The number of azide groups is 1. The van der Waals surface area contributed by atoms with Crippen LogP contribution < -0.4 is 0 Å². The molecule has 1 aliphatic heterocycles. The van der Waals surface area contributed by atoms with Crippen molar-refractivity contribution in [1.29, 1.82) is 0 Å². The van der Waals surface area contributed by atoms with Gasteiger partial charge in [0.25, 0.3) is 0 Å². The van der Waals surface area contributed by atoms with E-state index >= 15 is 0 Å². The SMILES string of the molecule is B[C@@H]1OC(CO)(N=[N+]=[N-])C(O)C1O. The molecule has 0 spiro atoms. The van der Waals surface area contributed by atoms with Crippen molar-refractivity contribution >= 4 is 7.85 Å². The van der Waals surface area contributed by atoms with Crippen LogP contribution in [0.1, 0.15) is 0 Å². The maximum Gasteiger partial charge on any atom is 0.197 e. The Morgan fingerprint density at radius 2 is 2.23 bits per heavy atom. The van der Waals surface area contributed by atoms with E-state index in [-0.39, 0.29) is 0 Å². The molecule has 0 aromatic heterocycles. The summed E-state index contributed by atoms with van der Waals surface area (Å²) in [5, 5.41) is 30.7. The van der Waals surface area contributed by atoms with Crippen LogP contribution in [0.4, 0.5) is 0 Å². The van der Waals surface area contributed by atoms with E-state index in [1.54, 1.807) is 0 Å². The van der Waals surface area contributed by atoms with E-state index in [2.05, 4.69) is 10.0 Å². The minimum absolute atomic E-state index is 0.667. The molecule has 0 bridgehead atoms. The summed E-state index contributed by atoms with van der Waals surface area (Å²) in [6.07, 6.45) is -2.55. The molecule has 1 fully saturated rings. The first kappa shape index (κ1) is 10.3. The maximum absolute atomic E-state index is 9.41. The highest BCUT2D eigenvalue weighted by molar-refractivity contribution is 6.11. The van der Waals surface area contributed by atoms with E-state index in [1.165, 1.54) is 7.85 Å². The van der Waals surface area contributed by atoms with Gasteiger partial charge in [-0.25, -0.2) is 0 Å². The molecule has 0 amide bonds. The van der Waals surface area contributed by atoms with Gasteiger partial charge in [0.15, 0.2) is 5.72 Å². The highest BCUT2D eigenvalue weighted by Gasteiger charge is 2.51. The molecule has 1 saturated heterocycles. The number of aliphatic hydroxyl groups is 3. The fourth-order valence-corrected chi connectivity index (χ4v) is 1.31. The standard InChI is InChI=1S/C5H10BN3O4/c6-4-2(11)3(12)5(1-10,13-4)8-9-7/h2-4,10-12H,1,6H2/t2?,3?,4-,5?/m1/s1. The maximum atomic E-state index is 9.41. The average Bonchev–Trinajstić information content (AvgIpc) is 2.32. The lowest BCUT2D eigenvalue weighted by Gasteiger charge is -2.23. The largest absolute Gasteiger partial charge is 0.393 e. The quantitative estimate of drug-likeness (QED) is 0.195. The predicted molar refractivity (Wildman–Crippen MR) is 44.4 cm³/mol. The second kappa shape index (κ2) is 3.53.